The molecule has 0 saturated carbocycles. The van der Waals surface area contributed by atoms with Crippen LogP contribution in [0.2, 0.25) is 0 Å². The fourth-order valence-corrected chi connectivity index (χ4v) is 2.02. The molecule has 1 atom stereocenters. The Kier molecular flexibility index (Phi) is 3.00. The van der Waals surface area contributed by atoms with Gasteiger partial charge in [0.25, 0.3) is 0 Å². The van der Waals surface area contributed by atoms with Gasteiger partial charge in [0.1, 0.15) is 0 Å². The zero-order valence-corrected chi connectivity index (χ0v) is 9.55. The third-order valence-electron chi connectivity index (χ3n) is 1.83. The molecule has 0 bridgehead atoms. The summed E-state index contributed by atoms with van der Waals surface area (Å²) in [6.07, 6.45) is 0. The molecule has 0 aliphatic heterocycles. The molecule has 8 nitrogen and oxygen atoms in total. The largest absolute Gasteiger partial charge is 0.475 e. The van der Waals surface area contributed by atoms with Gasteiger partial charge in [0.2, 0.25) is 5.76 Å². The van der Waals surface area contributed by atoms with E-state index in [1.807, 2.05) is 0 Å². The summed E-state index contributed by atoms with van der Waals surface area (Å²) in [6.45, 7) is 0. The topological polar surface area (TPSA) is 111 Å². The smallest absolute Gasteiger partial charge is 0.371 e. The number of rotatable bonds is 4. The minimum absolute atomic E-state index is 0.0282. The van der Waals surface area contributed by atoms with Crippen molar-refractivity contribution in [2.45, 2.75) is 10.8 Å². The number of carboxylic acids is 1. The van der Waals surface area contributed by atoms with Crippen LogP contribution in [0.3, 0.4) is 0 Å². The molecule has 0 saturated heterocycles. The number of aromatic carboxylic acids is 1. The molecule has 90 valence electrons. The van der Waals surface area contributed by atoms with Crippen molar-refractivity contribution in [3.63, 3.8) is 0 Å². The average molecular weight is 256 g/mol. The number of aromatic nitrogens is 4. The standard InChI is InChI=1S/C8H8N4O4S/c1-12-10-6(9-11-12)4-17(15)7-3-2-5(16-7)8(13)14/h2-3H,4H2,1H3,(H,13,14). The molecule has 0 fully saturated rings. The highest BCUT2D eigenvalue weighted by molar-refractivity contribution is 7.84. The van der Waals surface area contributed by atoms with Crippen molar-refractivity contribution < 1.29 is 18.5 Å². The Morgan fingerprint density at radius 2 is 2.35 bits per heavy atom. The zero-order chi connectivity index (χ0) is 12.4. The van der Waals surface area contributed by atoms with Crippen LogP contribution in [-0.2, 0) is 23.6 Å². The van der Waals surface area contributed by atoms with Gasteiger partial charge in [0.05, 0.1) is 23.6 Å². The lowest BCUT2D eigenvalue weighted by atomic mass is 10.5. The Labute approximate surface area is 97.7 Å². The van der Waals surface area contributed by atoms with Crippen molar-refractivity contribution in [3.05, 3.63) is 23.7 Å². The van der Waals surface area contributed by atoms with Gasteiger partial charge in [-0.2, -0.15) is 4.80 Å². The Morgan fingerprint density at radius 1 is 1.59 bits per heavy atom. The molecule has 0 aliphatic rings. The molecule has 2 aromatic heterocycles. The third-order valence-corrected chi connectivity index (χ3v) is 3.02. The van der Waals surface area contributed by atoms with Gasteiger partial charge in [-0.3, -0.25) is 4.21 Å². The van der Waals surface area contributed by atoms with Crippen molar-refractivity contribution >= 4 is 16.8 Å². The van der Waals surface area contributed by atoms with Crippen LogP contribution >= 0.6 is 0 Å². The van der Waals surface area contributed by atoms with Gasteiger partial charge in [-0.15, -0.1) is 10.2 Å². The minimum Gasteiger partial charge on any atom is -0.475 e. The van der Waals surface area contributed by atoms with Crippen LogP contribution in [-0.4, -0.2) is 35.5 Å². The Bertz CT molecular complexity index is 576. The Morgan fingerprint density at radius 3 is 2.88 bits per heavy atom. The van der Waals surface area contributed by atoms with E-state index >= 15 is 0 Å². The number of carboxylic acid groups (broad SMARTS) is 1. The van der Waals surface area contributed by atoms with Crippen molar-refractivity contribution in [1.82, 2.24) is 20.2 Å². The van der Waals surface area contributed by atoms with Crippen molar-refractivity contribution in [3.8, 4) is 0 Å². The highest BCUT2D eigenvalue weighted by Gasteiger charge is 2.15. The first-order chi connectivity index (χ1) is 8.06. The summed E-state index contributed by atoms with van der Waals surface area (Å²) in [5, 5.41) is 19.8. The summed E-state index contributed by atoms with van der Waals surface area (Å²) in [4.78, 5) is 11.8. The van der Waals surface area contributed by atoms with Gasteiger partial charge < -0.3 is 9.52 Å². The third kappa shape index (κ3) is 2.56. The average Bonchev–Trinajstić information content (AvgIpc) is 2.86. The maximum Gasteiger partial charge on any atom is 0.371 e. The molecule has 0 radical (unpaired) electrons. The molecule has 0 spiro atoms. The summed E-state index contributed by atoms with van der Waals surface area (Å²) < 4.78 is 16.7. The van der Waals surface area contributed by atoms with Crippen LogP contribution in [0.4, 0.5) is 0 Å². The number of tetrazole rings is 1. The molecule has 0 amide bonds. The van der Waals surface area contributed by atoms with E-state index in [-0.39, 0.29) is 16.6 Å². The van der Waals surface area contributed by atoms with Gasteiger partial charge in [0, 0.05) is 0 Å². The van der Waals surface area contributed by atoms with Crippen LogP contribution in [0.1, 0.15) is 16.4 Å². The maximum absolute atomic E-state index is 11.8. The van der Waals surface area contributed by atoms with E-state index in [0.717, 1.165) is 0 Å². The predicted octanol–water partition coefficient (Wildman–Crippen LogP) is -0.191. The fourth-order valence-electron chi connectivity index (χ4n) is 1.13. The Hall–Kier alpha value is -2.03. The molecule has 2 aromatic rings. The summed E-state index contributed by atoms with van der Waals surface area (Å²) in [5.74, 6) is -1.12. The first kappa shape index (κ1) is 11.5. The van der Waals surface area contributed by atoms with E-state index < -0.39 is 16.8 Å². The number of hydrogen-bond acceptors (Lipinski definition) is 6. The second-order valence-corrected chi connectivity index (χ2v) is 4.49. The van der Waals surface area contributed by atoms with Gasteiger partial charge in [-0.25, -0.2) is 4.79 Å². The number of furan rings is 1. The normalized spacial score (nSPS) is 12.5. The van der Waals surface area contributed by atoms with E-state index in [4.69, 9.17) is 9.52 Å². The molecule has 9 heteroatoms. The molecule has 1 unspecified atom stereocenters. The van der Waals surface area contributed by atoms with E-state index in [9.17, 15) is 9.00 Å². The molecule has 2 heterocycles. The molecule has 0 aromatic carbocycles. The number of nitrogens with zero attached hydrogens (tertiary/aromatic N) is 4. The minimum atomic E-state index is -1.53. The molecular formula is C8H8N4O4S. The van der Waals surface area contributed by atoms with Crippen LogP contribution < -0.4 is 0 Å². The van der Waals surface area contributed by atoms with Crippen LogP contribution in [0.15, 0.2) is 21.6 Å². The molecule has 1 N–H and O–H groups in total. The number of carbonyl (C=O) groups is 1. The van der Waals surface area contributed by atoms with E-state index in [0.29, 0.717) is 5.82 Å². The van der Waals surface area contributed by atoms with Crippen molar-refractivity contribution in [1.29, 1.82) is 0 Å². The van der Waals surface area contributed by atoms with E-state index in [1.165, 1.54) is 16.9 Å². The predicted molar refractivity (Wildman–Crippen MR) is 54.6 cm³/mol. The number of aryl methyl sites for hydroxylation is 1. The maximum atomic E-state index is 11.8. The first-order valence-corrected chi connectivity index (χ1v) is 5.82. The van der Waals surface area contributed by atoms with Crippen LogP contribution in [0.5, 0.6) is 0 Å². The fraction of sp³-hybridized carbons (Fsp3) is 0.250. The van der Waals surface area contributed by atoms with Gasteiger partial charge in [0.15, 0.2) is 10.9 Å². The lowest BCUT2D eigenvalue weighted by Crippen LogP contribution is -1.99. The number of hydrogen-bond donors (Lipinski definition) is 1. The molecule has 2 rings (SSSR count). The lowest BCUT2D eigenvalue weighted by Gasteiger charge is -1.93. The molecule has 17 heavy (non-hydrogen) atoms. The zero-order valence-electron chi connectivity index (χ0n) is 8.73. The quantitative estimate of drug-likeness (QED) is 0.806. The lowest BCUT2D eigenvalue weighted by molar-refractivity contribution is 0.0656. The second-order valence-electron chi connectivity index (χ2n) is 3.11. The van der Waals surface area contributed by atoms with Gasteiger partial charge in [-0.1, -0.05) is 0 Å². The van der Waals surface area contributed by atoms with Crippen molar-refractivity contribution in [2.24, 2.45) is 7.05 Å². The second kappa shape index (κ2) is 4.45. The SMILES string of the molecule is Cn1nnc(CS(=O)c2ccc(C(=O)O)o2)n1. The Balaban J connectivity index is 2.11. The summed E-state index contributed by atoms with van der Waals surface area (Å²) in [6, 6.07) is 2.61. The first-order valence-electron chi connectivity index (χ1n) is 4.50. The van der Waals surface area contributed by atoms with Crippen LogP contribution in [0.25, 0.3) is 0 Å². The summed E-state index contributed by atoms with van der Waals surface area (Å²) >= 11 is 0. The molecular weight excluding hydrogens is 248 g/mol. The van der Waals surface area contributed by atoms with E-state index in [1.54, 1.807) is 7.05 Å². The van der Waals surface area contributed by atoms with Crippen LogP contribution in [0, 0.1) is 0 Å². The van der Waals surface area contributed by atoms with E-state index in [2.05, 4.69) is 15.4 Å². The monoisotopic (exact) mass is 256 g/mol. The van der Waals surface area contributed by atoms with Gasteiger partial charge >= 0.3 is 5.97 Å². The highest BCUT2D eigenvalue weighted by atomic mass is 32.2. The molecule has 0 aliphatic carbocycles. The highest BCUT2D eigenvalue weighted by Crippen LogP contribution is 2.14. The van der Waals surface area contributed by atoms with Crippen molar-refractivity contribution in [2.75, 3.05) is 0 Å². The van der Waals surface area contributed by atoms with Gasteiger partial charge in [-0.05, 0) is 17.3 Å². The summed E-state index contributed by atoms with van der Waals surface area (Å²) in [5.41, 5.74) is 0. The summed E-state index contributed by atoms with van der Waals surface area (Å²) in [7, 11) is 0.0670.